The summed E-state index contributed by atoms with van der Waals surface area (Å²) in [6, 6.07) is 8.29. The van der Waals surface area contributed by atoms with Gasteiger partial charge in [-0.3, -0.25) is 9.78 Å². The average Bonchev–Trinajstić information content (AvgIpc) is 2.54. The Kier molecular flexibility index (Phi) is 5.74. The highest BCUT2D eigenvalue weighted by Crippen LogP contribution is 2.23. The number of amides is 1. The highest BCUT2D eigenvalue weighted by Gasteiger charge is 2.12. The van der Waals surface area contributed by atoms with E-state index in [0.717, 1.165) is 35.3 Å². The third-order valence-electron chi connectivity index (χ3n) is 3.69. The van der Waals surface area contributed by atoms with Crippen molar-refractivity contribution in [3.05, 3.63) is 53.3 Å². The summed E-state index contributed by atoms with van der Waals surface area (Å²) in [4.78, 5) is 16.8. The van der Waals surface area contributed by atoms with E-state index in [2.05, 4.69) is 55.4 Å². The van der Waals surface area contributed by atoms with Gasteiger partial charge in [-0.05, 0) is 43.9 Å². The van der Waals surface area contributed by atoms with Crippen molar-refractivity contribution >= 4 is 17.3 Å². The predicted molar refractivity (Wildman–Crippen MR) is 96.1 cm³/mol. The van der Waals surface area contributed by atoms with E-state index in [4.69, 9.17) is 0 Å². The molecule has 4 nitrogen and oxygen atoms in total. The highest BCUT2D eigenvalue weighted by molar-refractivity contribution is 6.05. The molecule has 0 saturated heterocycles. The van der Waals surface area contributed by atoms with Gasteiger partial charge in [0.05, 0.1) is 11.3 Å². The van der Waals surface area contributed by atoms with Crippen LogP contribution >= 0.6 is 0 Å². The number of pyridine rings is 1. The molecule has 23 heavy (non-hydrogen) atoms. The third kappa shape index (κ3) is 4.31. The molecule has 0 aliphatic heterocycles. The molecule has 0 unspecified atom stereocenters. The number of hydrogen-bond donors (Lipinski definition) is 2. The van der Waals surface area contributed by atoms with E-state index in [-0.39, 0.29) is 5.91 Å². The number of anilines is 2. The maximum atomic E-state index is 12.6. The van der Waals surface area contributed by atoms with Gasteiger partial charge >= 0.3 is 0 Å². The molecule has 4 heteroatoms. The monoisotopic (exact) mass is 311 g/mol. The van der Waals surface area contributed by atoms with Crippen LogP contribution in [-0.4, -0.2) is 16.9 Å². The van der Waals surface area contributed by atoms with Gasteiger partial charge in [-0.25, -0.2) is 0 Å². The molecular weight excluding hydrogens is 286 g/mol. The lowest BCUT2D eigenvalue weighted by molar-refractivity contribution is 0.102. The molecule has 1 amide bonds. The van der Waals surface area contributed by atoms with E-state index in [1.54, 1.807) is 12.4 Å². The van der Waals surface area contributed by atoms with Crippen molar-refractivity contribution in [1.29, 1.82) is 0 Å². The van der Waals surface area contributed by atoms with Crippen molar-refractivity contribution in [1.82, 2.24) is 4.98 Å². The van der Waals surface area contributed by atoms with Gasteiger partial charge in [0.2, 0.25) is 0 Å². The topological polar surface area (TPSA) is 54.0 Å². The molecule has 122 valence electrons. The van der Waals surface area contributed by atoms with E-state index >= 15 is 0 Å². The molecule has 0 saturated carbocycles. The summed E-state index contributed by atoms with van der Waals surface area (Å²) in [7, 11) is 0. The standard InChI is InChI=1S/C19H25N3O/c1-5-14-8-7-9-15(6-2)18(14)22-19(23)16-10-17(12-20-11-16)21-13(3)4/h7-13,21H,5-6H2,1-4H3,(H,22,23). The Morgan fingerprint density at radius 3 is 2.35 bits per heavy atom. The summed E-state index contributed by atoms with van der Waals surface area (Å²) in [5.41, 5.74) is 4.66. The zero-order valence-corrected chi connectivity index (χ0v) is 14.3. The molecule has 2 aromatic rings. The number of carbonyl (C=O) groups is 1. The second-order valence-electron chi connectivity index (χ2n) is 5.87. The first-order valence-electron chi connectivity index (χ1n) is 8.18. The number of nitrogens with one attached hydrogen (secondary N) is 2. The minimum absolute atomic E-state index is 0.125. The second-order valence-corrected chi connectivity index (χ2v) is 5.87. The van der Waals surface area contributed by atoms with Gasteiger partial charge in [-0.2, -0.15) is 0 Å². The Morgan fingerprint density at radius 1 is 1.13 bits per heavy atom. The lowest BCUT2D eigenvalue weighted by Gasteiger charge is -2.15. The maximum Gasteiger partial charge on any atom is 0.257 e. The van der Waals surface area contributed by atoms with Crippen LogP contribution in [0.4, 0.5) is 11.4 Å². The fourth-order valence-electron chi connectivity index (χ4n) is 2.57. The first-order valence-corrected chi connectivity index (χ1v) is 8.18. The molecule has 1 aromatic heterocycles. The quantitative estimate of drug-likeness (QED) is 0.837. The van der Waals surface area contributed by atoms with Crippen LogP contribution in [0, 0.1) is 0 Å². The van der Waals surface area contributed by atoms with Crippen molar-refractivity contribution in [3.63, 3.8) is 0 Å². The summed E-state index contributed by atoms with van der Waals surface area (Å²) >= 11 is 0. The highest BCUT2D eigenvalue weighted by atomic mass is 16.1. The summed E-state index contributed by atoms with van der Waals surface area (Å²) < 4.78 is 0. The van der Waals surface area contributed by atoms with Crippen molar-refractivity contribution < 1.29 is 4.79 Å². The normalized spacial score (nSPS) is 10.7. The van der Waals surface area contributed by atoms with E-state index in [0.29, 0.717) is 11.6 Å². The van der Waals surface area contributed by atoms with Crippen molar-refractivity contribution in [2.24, 2.45) is 0 Å². The molecule has 0 aliphatic rings. The summed E-state index contributed by atoms with van der Waals surface area (Å²) in [6.07, 6.45) is 5.10. The first-order chi connectivity index (χ1) is 11.0. The number of aromatic nitrogens is 1. The molecule has 1 heterocycles. The Bertz CT molecular complexity index is 658. The van der Waals surface area contributed by atoms with E-state index in [9.17, 15) is 4.79 Å². The fraction of sp³-hybridized carbons (Fsp3) is 0.368. The lowest BCUT2D eigenvalue weighted by Crippen LogP contribution is -2.16. The van der Waals surface area contributed by atoms with Crippen LogP contribution in [0.2, 0.25) is 0 Å². The zero-order chi connectivity index (χ0) is 16.8. The van der Waals surface area contributed by atoms with Crippen LogP contribution in [0.1, 0.15) is 49.2 Å². The van der Waals surface area contributed by atoms with E-state index < -0.39 is 0 Å². The smallest absolute Gasteiger partial charge is 0.257 e. The van der Waals surface area contributed by atoms with Crippen LogP contribution in [0.25, 0.3) is 0 Å². The van der Waals surface area contributed by atoms with Crippen LogP contribution in [0.5, 0.6) is 0 Å². The molecule has 0 bridgehead atoms. The third-order valence-corrected chi connectivity index (χ3v) is 3.69. The summed E-state index contributed by atoms with van der Waals surface area (Å²) in [5.74, 6) is -0.125. The molecule has 0 radical (unpaired) electrons. The van der Waals surface area contributed by atoms with Gasteiger partial charge in [0.15, 0.2) is 0 Å². The number of rotatable bonds is 6. The molecule has 0 fully saturated rings. The largest absolute Gasteiger partial charge is 0.382 e. The van der Waals surface area contributed by atoms with Crippen LogP contribution in [0.3, 0.4) is 0 Å². The van der Waals surface area contributed by atoms with Gasteiger partial charge in [-0.1, -0.05) is 32.0 Å². The van der Waals surface area contributed by atoms with Crippen LogP contribution in [0.15, 0.2) is 36.7 Å². The van der Waals surface area contributed by atoms with Gasteiger partial charge in [0.25, 0.3) is 5.91 Å². The maximum absolute atomic E-state index is 12.6. The summed E-state index contributed by atoms with van der Waals surface area (Å²) in [6.45, 7) is 8.30. The number of hydrogen-bond acceptors (Lipinski definition) is 3. The Morgan fingerprint density at radius 2 is 1.78 bits per heavy atom. The first kappa shape index (κ1) is 17.0. The molecule has 2 N–H and O–H groups in total. The molecular formula is C19H25N3O. The number of aryl methyl sites for hydroxylation is 2. The minimum atomic E-state index is -0.125. The van der Waals surface area contributed by atoms with E-state index in [1.165, 1.54) is 0 Å². The molecule has 0 spiro atoms. The number of carbonyl (C=O) groups excluding carboxylic acids is 1. The SMILES string of the molecule is CCc1cccc(CC)c1NC(=O)c1cncc(NC(C)C)c1. The van der Waals surface area contributed by atoms with Crippen LogP contribution in [-0.2, 0) is 12.8 Å². The molecule has 0 aliphatic carbocycles. The minimum Gasteiger partial charge on any atom is -0.382 e. The Balaban J connectivity index is 2.26. The molecule has 1 aromatic carbocycles. The van der Waals surface area contributed by atoms with Crippen LogP contribution < -0.4 is 10.6 Å². The van der Waals surface area contributed by atoms with Gasteiger partial charge in [0.1, 0.15) is 0 Å². The average molecular weight is 311 g/mol. The second kappa shape index (κ2) is 7.77. The number of benzene rings is 1. The van der Waals surface area contributed by atoms with Crippen molar-refractivity contribution in [2.45, 2.75) is 46.6 Å². The predicted octanol–water partition coefficient (Wildman–Crippen LogP) is 4.28. The zero-order valence-electron chi connectivity index (χ0n) is 14.3. The van der Waals surface area contributed by atoms with Gasteiger partial charge in [0, 0.05) is 24.1 Å². The number of para-hydroxylation sites is 1. The van der Waals surface area contributed by atoms with Gasteiger partial charge < -0.3 is 10.6 Å². The Labute approximate surface area is 138 Å². The summed E-state index contributed by atoms with van der Waals surface area (Å²) in [5, 5.41) is 6.34. The number of nitrogens with zero attached hydrogens (tertiary/aromatic N) is 1. The lowest BCUT2D eigenvalue weighted by atomic mass is 10.0. The van der Waals surface area contributed by atoms with Crippen molar-refractivity contribution in [3.8, 4) is 0 Å². The molecule has 2 rings (SSSR count). The Hall–Kier alpha value is -2.36. The van der Waals surface area contributed by atoms with Gasteiger partial charge in [-0.15, -0.1) is 0 Å². The van der Waals surface area contributed by atoms with Crippen molar-refractivity contribution in [2.75, 3.05) is 10.6 Å². The van der Waals surface area contributed by atoms with E-state index in [1.807, 2.05) is 12.1 Å². The molecule has 0 atom stereocenters. The fourth-order valence-corrected chi connectivity index (χ4v) is 2.57.